The number of nitrogens with zero attached hydrogens (tertiary/aromatic N) is 1. The minimum Gasteiger partial charge on any atom is -0.398 e. The van der Waals surface area contributed by atoms with Crippen LogP contribution in [0.25, 0.3) is 11.1 Å². The third kappa shape index (κ3) is 2.31. The normalized spacial score (nSPS) is 10.3. The number of hydrogen-bond acceptors (Lipinski definition) is 4. The Morgan fingerprint density at radius 2 is 1.89 bits per heavy atom. The van der Waals surface area contributed by atoms with Crippen LogP contribution in [0.4, 0.5) is 11.4 Å². The van der Waals surface area contributed by atoms with Gasteiger partial charge in [0.15, 0.2) is 0 Å². The molecule has 0 heterocycles. The van der Waals surface area contributed by atoms with Gasteiger partial charge in [-0.1, -0.05) is 18.2 Å². The zero-order valence-corrected chi connectivity index (χ0v) is 10.6. The second-order valence-corrected chi connectivity index (χ2v) is 4.61. The summed E-state index contributed by atoms with van der Waals surface area (Å²) < 4.78 is 0. The molecule has 18 heavy (non-hydrogen) atoms. The predicted molar refractivity (Wildman–Crippen MR) is 74.7 cm³/mol. The highest BCUT2D eigenvalue weighted by Gasteiger charge is 2.15. The quantitative estimate of drug-likeness (QED) is 0.396. The lowest BCUT2D eigenvalue weighted by Gasteiger charge is -2.08. The third-order valence-electron chi connectivity index (χ3n) is 2.65. The number of benzene rings is 2. The van der Waals surface area contributed by atoms with Crippen LogP contribution < -0.4 is 5.73 Å². The van der Waals surface area contributed by atoms with E-state index in [1.165, 1.54) is 6.07 Å². The van der Waals surface area contributed by atoms with Crippen LogP contribution >= 0.6 is 11.8 Å². The average molecular weight is 260 g/mol. The molecule has 0 unspecified atom stereocenters. The second-order valence-electron chi connectivity index (χ2n) is 3.73. The van der Waals surface area contributed by atoms with Gasteiger partial charge in [-0.2, -0.15) is 0 Å². The van der Waals surface area contributed by atoms with Gasteiger partial charge in [0.25, 0.3) is 5.69 Å². The van der Waals surface area contributed by atoms with Crippen LogP contribution in [0, 0.1) is 10.1 Å². The SMILES string of the molecule is CSc1ccc(-c2ccccc2[N+](=O)[O-])c(N)c1. The maximum Gasteiger partial charge on any atom is 0.277 e. The Bertz CT molecular complexity index is 599. The van der Waals surface area contributed by atoms with E-state index in [1.807, 2.05) is 24.5 Å². The van der Waals surface area contributed by atoms with Crippen molar-refractivity contribution in [2.75, 3.05) is 12.0 Å². The monoisotopic (exact) mass is 260 g/mol. The van der Waals surface area contributed by atoms with Gasteiger partial charge in [-0.25, -0.2) is 0 Å². The molecule has 0 saturated heterocycles. The Balaban J connectivity index is 2.59. The Morgan fingerprint density at radius 1 is 1.17 bits per heavy atom. The van der Waals surface area contributed by atoms with Crippen LogP contribution in [0.2, 0.25) is 0 Å². The largest absolute Gasteiger partial charge is 0.398 e. The van der Waals surface area contributed by atoms with Crippen LogP contribution in [-0.2, 0) is 0 Å². The highest BCUT2D eigenvalue weighted by Crippen LogP contribution is 2.35. The molecule has 2 rings (SSSR count). The van der Waals surface area contributed by atoms with E-state index >= 15 is 0 Å². The zero-order valence-electron chi connectivity index (χ0n) is 9.79. The number of hydrogen-bond donors (Lipinski definition) is 1. The van der Waals surface area contributed by atoms with Gasteiger partial charge in [0.2, 0.25) is 0 Å². The standard InChI is InChI=1S/C13H12N2O2S/c1-18-9-6-7-10(12(14)8-9)11-4-2-3-5-13(11)15(16)17/h2-8H,14H2,1H3. The lowest BCUT2D eigenvalue weighted by atomic mass is 10.0. The molecule has 4 nitrogen and oxygen atoms in total. The molecule has 0 amide bonds. The molecule has 92 valence electrons. The first-order valence-electron chi connectivity index (χ1n) is 5.31. The van der Waals surface area contributed by atoms with Crippen molar-refractivity contribution in [2.45, 2.75) is 4.90 Å². The van der Waals surface area contributed by atoms with E-state index in [0.717, 1.165) is 4.90 Å². The summed E-state index contributed by atoms with van der Waals surface area (Å²) in [4.78, 5) is 11.6. The first-order chi connectivity index (χ1) is 8.63. The molecule has 0 bridgehead atoms. The molecule has 2 aromatic rings. The molecule has 0 fully saturated rings. The molecule has 2 aromatic carbocycles. The van der Waals surface area contributed by atoms with E-state index in [1.54, 1.807) is 30.0 Å². The van der Waals surface area contributed by atoms with E-state index in [2.05, 4.69) is 0 Å². The van der Waals surface area contributed by atoms with Crippen molar-refractivity contribution in [1.82, 2.24) is 0 Å². The van der Waals surface area contributed by atoms with Gasteiger partial charge in [0.1, 0.15) is 0 Å². The van der Waals surface area contributed by atoms with Gasteiger partial charge in [0.05, 0.1) is 10.5 Å². The molecule has 0 aromatic heterocycles. The molecule has 0 saturated carbocycles. The maximum absolute atomic E-state index is 11.0. The smallest absolute Gasteiger partial charge is 0.277 e. The van der Waals surface area contributed by atoms with E-state index in [4.69, 9.17) is 5.73 Å². The van der Waals surface area contributed by atoms with Crippen molar-refractivity contribution in [1.29, 1.82) is 0 Å². The summed E-state index contributed by atoms with van der Waals surface area (Å²) >= 11 is 1.58. The lowest BCUT2D eigenvalue weighted by molar-refractivity contribution is -0.384. The highest BCUT2D eigenvalue weighted by atomic mass is 32.2. The number of nitro benzene ring substituents is 1. The Hall–Kier alpha value is -2.01. The van der Waals surface area contributed by atoms with Crippen LogP contribution in [0.5, 0.6) is 0 Å². The first-order valence-corrected chi connectivity index (χ1v) is 6.53. The van der Waals surface area contributed by atoms with Crippen molar-refractivity contribution in [2.24, 2.45) is 0 Å². The second kappa shape index (κ2) is 5.10. The summed E-state index contributed by atoms with van der Waals surface area (Å²) in [6.07, 6.45) is 1.96. The van der Waals surface area contributed by atoms with Crippen LogP contribution in [-0.4, -0.2) is 11.2 Å². The molecular formula is C13H12N2O2S. The van der Waals surface area contributed by atoms with Crippen LogP contribution in [0.15, 0.2) is 47.4 Å². The van der Waals surface area contributed by atoms with E-state index < -0.39 is 4.92 Å². The molecule has 0 atom stereocenters. The fourth-order valence-electron chi connectivity index (χ4n) is 1.77. The number of anilines is 1. The molecule has 0 radical (unpaired) electrons. The summed E-state index contributed by atoms with van der Waals surface area (Å²) in [7, 11) is 0. The zero-order chi connectivity index (χ0) is 13.1. The number of nitrogen functional groups attached to an aromatic ring is 1. The predicted octanol–water partition coefficient (Wildman–Crippen LogP) is 3.57. The van der Waals surface area contributed by atoms with Gasteiger partial charge in [-0.3, -0.25) is 10.1 Å². The Morgan fingerprint density at radius 3 is 2.50 bits per heavy atom. The molecule has 0 aliphatic carbocycles. The van der Waals surface area contributed by atoms with Gasteiger partial charge in [0, 0.05) is 22.2 Å². The minimum atomic E-state index is -0.392. The van der Waals surface area contributed by atoms with Gasteiger partial charge in [-0.05, 0) is 24.5 Å². The fourth-order valence-corrected chi connectivity index (χ4v) is 2.22. The summed E-state index contributed by atoms with van der Waals surface area (Å²) in [5.41, 5.74) is 7.83. The fraction of sp³-hybridized carbons (Fsp3) is 0.0769. The molecule has 0 aliphatic heterocycles. The summed E-state index contributed by atoms with van der Waals surface area (Å²) in [5, 5.41) is 11.0. The number of para-hydroxylation sites is 1. The minimum absolute atomic E-state index is 0.0705. The Labute approximate surface area is 109 Å². The van der Waals surface area contributed by atoms with Crippen molar-refractivity contribution < 1.29 is 4.92 Å². The first kappa shape index (κ1) is 12.4. The van der Waals surface area contributed by atoms with Crippen LogP contribution in [0.1, 0.15) is 0 Å². The van der Waals surface area contributed by atoms with E-state index in [0.29, 0.717) is 16.8 Å². The molecule has 2 N–H and O–H groups in total. The summed E-state index contributed by atoms with van der Waals surface area (Å²) in [5.74, 6) is 0. The van der Waals surface area contributed by atoms with E-state index in [-0.39, 0.29) is 5.69 Å². The molecule has 0 spiro atoms. The van der Waals surface area contributed by atoms with Crippen LogP contribution in [0.3, 0.4) is 0 Å². The van der Waals surface area contributed by atoms with Crippen molar-refractivity contribution >= 4 is 23.1 Å². The van der Waals surface area contributed by atoms with Gasteiger partial charge >= 0.3 is 0 Å². The van der Waals surface area contributed by atoms with Crippen molar-refractivity contribution in [3.8, 4) is 11.1 Å². The number of nitro groups is 1. The van der Waals surface area contributed by atoms with E-state index in [9.17, 15) is 10.1 Å². The summed E-state index contributed by atoms with van der Waals surface area (Å²) in [6, 6.07) is 12.2. The van der Waals surface area contributed by atoms with Gasteiger partial charge in [-0.15, -0.1) is 11.8 Å². The number of rotatable bonds is 3. The van der Waals surface area contributed by atoms with Crippen molar-refractivity contribution in [3.05, 3.63) is 52.6 Å². The third-order valence-corrected chi connectivity index (χ3v) is 3.37. The maximum atomic E-state index is 11.0. The summed E-state index contributed by atoms with van der Waals surface area (Å²) in [6.45, 7) is 0. The molecule has 5 heteroatoms. The average Bonchev–Trinajstić information content (AvgIpc) is 2.38. The number of thioether (sulfide) groups is 1. The topological polar surface area (TPSA) is 69.2 Å². The Kier molecular flexibility index (Phi) is 3.53. The highest BCUT2D eigenvalue weighted by molar-refractivity contribution is 7.98. The number of nitrogens with two attached hydrogens (primary N) is 1. The lowest BCUT2D eigenvalue weighted by Crippen LogP contribution is -1.95. The van der Waals surface area contributed by atoms with Gasteiger partial charge < -0.3 is 5.73 Å². The molecule has 0 aliphatic rings. The molecular weight excluding hydrogens is 248 g/mol. The van der Waals surface area contributed by atoms with Crippen molar-refractivity contribution in [3.63, 3.8) is 0 Å².